The zero-order valence-corrected chi connectivity index (χ0v) is 27.6. The lowest BCUT2D eigenvalue weighted by Crippen LogP contribution is -2.15. The Balaban J connectivity index is 1.06. The van der Waals surface area contributed by atoms with E-state index in [1.807, 2.05) is 11.3 Å². The highest BCUT2D eigenvalue weighted by atomic mass is 32.1. The van der Waals surface area contributed by atoms with E-state index in [1.165, 1.54) is 108 Å². The molecule has 0 aliphatic heterocycles. The van der Waals surface area contributed by atoms with Crippen LogP contribution >= 0.6 is 11.3 Å². The van der Waals surface area contributed by atoms with Crippen molar-refractivity contribution in [1.29, 1.82) is 0 Å². The minimum Gasteiger partial charge on any atom is -0.135 e. The molecule has 9 aromatic carbocycles. The lowest BCUT2D eigenvalue weighted by Gasteiger charge is -2.22. The van der Waals surface area contributed by atoms with Crippen LogP contribution in [0.15, 0.2) is 146 Å². The molecule has 224 valence electrons. The summed E-state index contributed by atoms with van der Waals surface area (Å²) in [5.41, 5.74) is 10.6. The quantitative estimate of drug-likeness (QED) is 0.168. The van der Waals surface area contributed by atoms with E-state index in [2.05, 4.69) is 159 Å². The van der Waals surface area contributed by atoms with Crippen molar-refractivity contribution in [2.45, 2.75) is 19.3 Å². The number of thiophene rings is 1. The van der Waals surface area contributed by atoms with E-state index in [0.717, 1.165) is 0 Å². The van der Waals surface area contributed by atoms with E-state index in [-0.39, 0.29) is 5.41 Å². The Morgan fingerprint density at radius 3 is 1.73 bits per heavy atom. The van der Waals surface area contributed by atoms with Crippen molar-refractivity contribution in [3.63, 3.8) is 0 Å². The van der Waals surface area contributed by atoms with E-state index in [9.17, 15) is 0 Å². The Morgan fingerprint density at radius 1 is 0.375 bits per heavy atom. The largest absolute Gasteiger partial charge is 0.135 e. The molecule has 0 atom stereocenters. The predicted molar refractivity (Wildman–Crippen MR) is 209 cm³/mol. The van der Waals surface area contributed by atoms with Gasteiger partial charge in [0.05, 0.1) is 0 Å². The number of hydrogen-bond acceptors (Lipinski definition) is 1. The van der Waals surface area contributed by atoms with Crippen LogP contribution in [0, 0.1) is 0 Å². The van der Waals surface area contributed by atoms with Crippen LogP contribution in [0.3, 0.4) is 0 Å². The van der Waals surface area contributed by atoms with Gasteiger partial charge in [-0.2, -0.15) is 0 Å². The first-order valence-corrected chi connectivity index (χ1v) is 17.6. The molecule has 0 bridgehead atoms. The molecule has 11 rings (SSSR count). The molecule has 48 heavy (non-hydrogen) atoms. The minimum atomic E-state index is -0.0561. The lowest BCUT2D eigenvalue weighted by molar-refractivity contribution is 0.661. The van der Waals surface area contributed by atoms with Crippen LogP contribution in [0.5, 0.6) is 0 Å². The summed E-state index contributed by atoms with van der Waals surface area (Å²) in [5.74, 6) is 0. The molecule has 1 aliphatic carbocycles. The van der Waals surface area contributed by atoms with Crippen molar-refractivity contribution in [1.82, 2.24) is 0 Å². The average Bonchev–Trinajstić information content (AvgIpc) is 3.60. The molecule has 1 heteroatoms. The number of fused-ring (bicyclic) bond motifs is 7. The van der Waals surface area contributed by atoms with E-state index in [4.69, 9.17) is 0 Å². The smallest absolute Gasteiger partial charge is 0.0355 e. The van der Waals surface area contributed by atoms with Gasteiger partial charge < -0.3 is 0 Å². The highest BCUT2D eigenvalue weighted by molar-refractivity contribution is 7.25. The standard InChI is InChI=1S/C47H30S/c1-47(2)41-26-33(14-18-36(41)38-22-30-6-3-4-7-31(30)25-42(38)47)32-15-20-43-39(23-32)40-24-34(16-21-44(40)48-43)35-17-12-29-11-10-27-8-5-9-28-13-19-37(35)46(29)45(27)28/h3-26H,1-2H3. The van der Waals surface area contributed by atoms with Gasteiger partial charge >= 0.3 is 0 Å². The monoisotopic (exact) mass is 626 g/mol. The third-order valence-electron chi connectivity index (χ3n) is 11.2. The molecule has 0 amide bonds. The van der Waals surface area contributed by atoms with Crippen molar-refractivity contribution in [3.8, 4) is 33.4 Å². The molecule has 0 fully saturated rings. The highest BCUT2D eigenvalue weighted by Crippen LogP contribution is 2.51. The fourth-order valence-corrected chi connectivity index (χ4v) is 9.78. The van der Waals surface area contributed by atoms with Crippen LogP contribution in [0.2, 0.25) is 0 Å². The maximum Gasteiger partial charge on any atom is 0.0355 e. The van der Waals surface area contributed by atoms with E-state index in [1.54, 1.807) is 0 Å². The summed E-state index contributed by atoms with van der Waals surface area (Å²) in [5, 5.41) is 13.3. The summed E-state index contributed by atoms with van der Waals surface area (Å²) in [6, 6.07) is 55.2. The fourth-order valence-electron chi connectivity index (χ4n) is 8.71. The Bertz CT molecular complexity index is 2960. The molecule has 0 N–H and O–H groups in total. The van der Waals surface area contributed by atoms with Gasteiger partial charge in [0.15, 0.2) is 0 Å². The van der Waals surface area contributed by atoms with Gasteiger partial charge in [-0.05, 0) is 130 Å². The summed E-state index contributed by atoms with van der Waals surface area (Å²) in [4.78, 5) is 0. The summed E-state index contributed by atoms with van der Waals surface area (Å²) in [6.07, 6.45) is 0. The van der Waals surface area contributed by atoms with Gasteiger partial charge in [-0.3, -0.25) is 0 Å². The van der Waals surface area contributed by atoms with E-state index in [0.29, 0.717) is 0 Å². The molecule has 1 heterocycles. The van der Waals surface area contributed by atoms with Gasteiger partial charge in [0.25, 0.3) is 0 Å². The SMILES string of the molecule is CC1(C)c2cc(-c3ccc4sc5ccc(-c6ccc7ccc8cccc9ccc6c7c89)cc5c4c3)ccc2-c2cc3ccccc3cc21. The first-order valence-electron chi connectivity index (χ1n) is 16.8. The summed E-state index contributed by atoms with van der Waals surface area (Å²) >= 11 is 1.89. The fraction of sp³-hybridized carbons (Fsp3) is 0.0638. The van der Waals surface area contributed by atoms with Gasteiger partial charge in [-0.25, -0.2) is 0 Å². The highest BCUT2D eigenvalue weighted by Gasteiger charge is 2.36. The second kappa shape index (κ2) is 9.31. The van der Waals surface area contributed by atoms with Gasteiger partial charge in [0.1, 0.15) is 0 Å². The molecular formula is C47H30S. The molecule has 10 aromatic rings. The van der Waals surface area contributed by atoms with Crippen molar-refractivity contribution in [2.24, 2.45) is 0 Å². The molecule has 1 aromatic heterocycles. The van der Waals surface area contributed by atoms with E-state index >= 15 is 0 Å². The molecular weight excluding hydrogens is 597 g/mol. The average molecular weight is 627 g/mol. The van der Waals surface area contributed by atoms with Gasteiger partial charge in [0, 0.05) is 25.6 Å². The Labute approximate surface area is 282 Å². The Morgan fingerprint density at radius 2 is 0.938 bits per heavy atom. The topological polar surface area (TPSA) is 0 Å². The number of hydrogen-bond donors (Lipinski definition) is 0. The third kappa shape index (κ3) is 3.55. The van der Waals surface area contributed by atoms with Crippen LogP contribution in [-0.4, -0.2) is 0 Å². The molecule has 0 nitrogen and oxygen atoms in total. The van der Waals surface area contributed by atoms with Crippen LogP contribution in [0.4, 0.5) is 0 Å². The van der Waals surface area contributed by atoms with Crippen LogP contribution < -0.4 is 0 Å². The maximum atomic E-state index is 2.45. The Kier molecular flexibility index (Phi) is 5.15. The zero-order valence-electron chi connectivity index (χ0n) is 26.8. The third-order valence-corrected chi connectivity index (χ3v) is 12.3. The molecule has 0 saturated heterocycles. The van der Waals surface area contributed by atoms with Gasteiger partial charge in [-0.1, -0.05) is 117 Å². The molecule has 0 saturated carbocycles. The first kappa shape index (κ1) is 26.6. The summed E-state index contributed by atoms with van der Waals surface area (Å²) < 4.78 is 2.67. The van der Waals surface area contributed by atoms with Crippen molar-refractivity contribution in [2.75, 3.05) is 0 Å². The summed E-state index contributed by atoms with van der Waals surface area (Å²) in [6.45, 7) is 4.76. The van der Waals surface area contributed by atoms with Gasteiger partial charge in [-0.15, -0.1) is 11.3 Å². The second-order valence-corrected chi connectivity index (χ2v) is 15.2. The summed E-state index contributed by atoms with van der Waals surface area (Å²) in [7, 11) is 0. The van der Waals surface area contributed by atoms with Crippen LogP contribution in [0.1, 0.15) is 25.0 Å². The van der Waals surface area contributed by atoms with Gasteiger partial charge in [0.2, 0.25) is 0 Å². The first-order chi connectivity index (χ1) is 23.5. The van der Waals surface area contributed by atoms with Crippen LogP contribution in [0.25, 0.3) is 96.6 Å². The lowest BCUT2D eigenvalue weighted by atomic mass is 9.81. The van der Waals surface area contributed by atoms with Crippen molar-refractivity contribution < 1.29 is 0 Å². The van der Waals surface area contributed by atoms with Crippen molar-refractivity contribution in [3.05, 3.63) is 157 Å². The maximum absolute atomic E-state index is 2.45. The molecule has 0 spiro atoms. The number of benzene rings is 9. The minimum absolute atomic E-state index is 0.0561. The molecule has 1 aliphatic rings. The van der Waals surface area contributed by atoms with Crippen molar-refractivity contribution >= 4 is 74.6 Å². The predicted octanol–water partition coefficient (Wildman–Crippen LogP) is 13.7. The normalized spacial score (nSPS) is 13.8. The zero-order chi connectivity index (χ0) is 31.7. The number of rotatable bonds is 2. The van der Waals surface area contributed by atoms with Crippen LogP contribution in [-0.2, 0) is 5.41 Å². The van der Waals surface area contributed by atoms with E-state index < -0.39 is 0 Å². The second-order valence-electron chi connectivity index (χ2n) is 14.1. The molecule has 0 unspecified atom stereocenters. The Hall–Kier alpha value is -5.50. The molecule has 0 radical (unpaired) electrons.